The predicted molar refractivity (Wildman–Crippen MR) is 130 cm³/mol. The molecule has 6 atom stereocenters. The summed E-state index contributed by atoms with van der Waals surface area (Å²) < 4.78 is 6.51. The van der Waals surface area contributed by atoms with E-state index in [1.165, 1.54) is 0 Å². The van der Waals surface area contributed by atoms with Crippen molar-refractivity contribution in [3.8, 4) is 0 Å². The van der Waals surface area contributed by atoms with Crippen LogP contribution in [0.5, 0.6) is 0 Å². The van der Waals surface area contributed by atoms with Crippen LogP contribution in [-0.2, 0) is 19.1 Å². The van der Waals surface area contributed by atoms with Gasteiger partial charge in [-0.15, -0.1) is 13.2 Å². The van der Waals surface area contributed by atoms with Crippen molar-refractivity contribution in [1.29, 1.82) is 0 Å². The second-order valence-corrected chi connectivity index (χ2v) is 9.99. The van der Waals surface area contributed by atoms with Gasteiger partial charge in [-0.1, -0.05) is 26.0 Å². The van der Waals surface area contributed by atoms with Crippen molar-refractivity contribution in [2.45, 2.75) is 83.2 Å². The molecule has 3 rings (SSSR count). The molecule has 0 saturated carbocycles. The summed E-state index contributed by atoms with van der Waals surface area (Å²) >= 11 is 0. The third-order valence-electron chi connectivity index (χ3n) is 7.72. The lowest BCUT2D eigenvalue weighted by Gasteiger charge is -2.40. The molecule has 0 aliphatic carbocycles. The maximum Gasteiger partial charge on any atom is 0.248 e. The molecule has 3 aliphatic rings. The van der Waals surface area contributed by atoms with Gasteiger partial charge in [-0.3, -0.25) is 14.4 Å². The Bertz CT molecular complexity index is 810. The van der Waals surface area contributed by atoms with Gasteiger partial charge in [-0.2, -0.15) is 0 Å². The molecule has 0 aromatic heterocycles. The van der Waals surface area contributed by atoms with E-state index in [1.807, 2.05) is 27.7 Å². The minimum Gasteiger partial charge on any atom is -0.394 e. The molecule has 3 fully saturated rings. The molecule has 8 heteroatoms. The van der Waals surface area contributed by atoms with E-state index < -0.39 is 29.5 Å². The van der Waals surface area contributed by atoms with Crippen LogP contribution in [0.4, 0.5) is 0 Å². The minimum atomic E-state index is -1.05. The first-order chi connectivity index (χ1) is 16.2. The summed E-state index contributed by atoms with van der Waals surface area (Å²) in [6.07, 6.45) is 5.45. The highest BCUT2D eigenvalue weighted by Crippen LogP contribution is 2.59. The standard InChI is InChI=1S/C26H41N3O5/c1-7-13-27(14-8-2)23(31)20-19-11-12-26(34-19)21(20)24(32)29(18(10-4)16-30)22(26)25(33)28(15-9-3)17(5)6/h7,9,17-22,30H,1,3,8,10-16H2,2,4-6H3/t18-,19-,20+,21-,22?,26?/m0/s1. The molecule has 3 amide bonds. The lowest BCUT2D eigenvalue weighted by atomic mass is 9.70. The number of hydrogen-bond donors (Lipinski definition) is 1. The lowest BCUT2D eigenvalue weighted by Crippen LogP contribution is -2.59. The van der Waals surface area contributed by atoms with Crippen LogP contribution in [0, 0.1) is 11.8 Å². The van der Waals surface area contributed by atoms with Crippen molar-refractivity contribution >= 4 is 17.7 Å². The molecule has 0 aromatic rings. The summed E-state index contributed by atoms with van der Waals surface area (Å²) in [5, 5.41) is 10.1. The smallest absolute Gasteiger partial charge is 0.248 e. The van der Waals surface area contributed by atoms with E-state index in [1.54, 1.807) is 26.9 Å². The molecular formula is C26H41N3O5. The number of amides is 3. The number of nitrogens with zero attached hydrogens (tertiary/aromatic N) is 3. The second-order valence-electron chi connectivity index (χ2n) is 9.99. The van der Waals surface area contributed by atoms with Crippen LogP contribution >= 0.6 is 0 Å². The monoisotopic (exact) mass is 475 g/mol. The van der Waals surface area contributed by atoms with Gasteiger partial charge < -0.3 is 24.5 Å². The average Bonchev–Trinajstić information content (AvgIpc) is 3.45. The van der Waals surface area contributed by atoms with Crippen LogP contribution in [0.2, 0.25) is 0 Å². The van der Waals surface area contributed by atoms with Gasteiger partial charge in [-0.25, -0.2) is 0 Å². The molecule has 3 saturated heterocycles. The quantitative estimate of drug-likeness (QED) is 0.436. The minimum absolute atomic E-state index is 0.101. The molecule has 0 radical (unpaired) electrons. The van der Waals surface area contributed by atoms with Gasteiger partial charge in [0.25, 0.3) is 0 Å². The number of aliphatic hydroxyl groups is 1. The molecular weight excluding hydrogens is 434 g/mol. The third-order valence-corrected chi connectivity index (χ3v) is 7.72. The van der Waals surface area contributed by atoms with Gasteiger partial charge in [0, 0.05) is 25.7 Å². The van der Waals surface area contributed by atoms with E-state index in [4.69, 9.17) is 4.74 Å². The molecule has 1 N–H and O–H groups in total. The third kappa shape index (κ3) is 4.09. The Balaban J connectivity index is 2.08. The van der Waals surface area contributed by atoms with E-state index in [9.17, 15) is 19.5 Å². The normalized spacial score (nSPS) is 30.4. The molecule has 1 spiro atoms. The first kappa shape index (κ1) is 26.4. The van der Waals surface area contributed by atoms with E-state index >= 15 is 0 Å². The Morgan fingerprint density at radius 3 is 2.44 bits per heavy atom. The SMILES string of the molecule is C=CCN(CCC)C(=O)[C@@H]1[C@@H]2CCC3(O2)C(C(=O)N(CC=C)C(C)C)N([C@@H](CC)CO)C(=O)[C@H]13. The highest BCUT2D eigenvalue weighted by molar-refractivity contribution is 5.99. The zero-order valence-electron chi connectivity index (χ0n) is 21.1. The molecule has 8 nitrogen and oxygen atoms in total. The number of carbonyl (C=O) groups is 3. The highest BCUT2D eigenvalue weighted by atomic mass is 16.5. The summed E-state index contributed by atoms with van der Waals surface area (Å²) in [6, 6.07) is -1.49. The first-order valence-electron chi connectivity index (χ1n) is 12.7. The maximum atomic E-state index is 14.0. The van der Waals surface area contributed by atoms with Crippen molar-refractivity contribution in [1.82, 2.24) is 14.7 Å². The fourth-order valence-corrected chi connectivity index (χ4v) is 6.24. The van der Waals surface area contributed by atoms with Crippen LogP contribution in [0.3, 0.4) is 0 Å². The number of carbonyl (C=O) groups excluding carboxylic acids is 3. The predicted octanol–water partition coefficient (Wildman–Crippen LogP) is 1.98. The van der Waals surface area contributed by atoms with E-state index in [0.717, 1.165) is 6.42 Å². The summed E-state index contributed by atoms with van der Waals surface area (Å²) in [5.74, 6) is -1.92. The van der Waals surface area contributed by atoms with Crippen molar-refractivity contribution in [2.24, 2.45) is 11.8 Å². The summed E-state index contributed by atoms with van der Waals surface area (Å²) in [4.78, 5) is 46.7. The van der Waals surface area contributed by atoms with Gasteiger partial charge in [0.2, 0.25) is 17.7 Å². The molecule has 2 unspecified atom stereocenters. The van der Waals surface area contributed by atoms with E-state index in [0.29, 0.717) is 38.9 Å². The number of aliphatic hydroxyl groups excluding tert-OH is 1. The van der Waals surface area contributed by atoms with Gasteiger partial charge in [0.15, 0.2) is 0 Å². The van der Waals surface area contributed by atoms with E-state index in [-0.39, 0.29) is 36.5 Å². The van der Waals surface area contributed by atoms with Crippen molar-refractivity contribution in [3.05, 3.63) is 25.3 Å². The van der Waals surface area contributed by atoms with Crippen LogP contribution in [-0.4, -0.2) is 93.6 Å². The average molecular weight is 476 g/mol. The van der Waals surface area contributed by atoms with Crippen LogP contribution in [0.25, 0.3) is 0 Å². The number of fused-ring (bicyclic) bond motifs is 1. The van der Waals surface area contributed by atoms with Gasteiger partial charge in [0.05, 0.1) is 30.6 Å². The lowest BCUT2D eigenvalue weighted by molar-refractivity contribution is -0.152. The second kappa shape index (κ2) is 10.6. The Labute approximate surface area is 203 Å². The summed E-state index contributed by atoms with van der Waals surface area (Å²) in [5.41, 5.74) is -1.05. The fraction of sp³-hybridized carbons (Fsp3) is 0.731. The zero-order valence-corrected chi connectivity index (χ0v) is 21.1. The van der Waals surface area contributed by atoms with Crippen molar-refractivity contribution in [2.75, 3.05) is 26.2 Å². The summed E-state index contributed by atoms with van der Waals surface area (Å²) in [7, 11) is 0. The van der Waals surface area contributed by atoms with Crippen LogP contribution < -0.4 is 0 Å². The van der Waals surface area contributed by atoms with Crippen LogP contribution in [0.15, 0.2) is 25.3 Å². The molecule has 3 aliphatic heterocycles. The van der Waals surface area contributed by atoms with Crippen molar-refractivity contribution < 1.29 is 24.2 Å². The fourth-order valence-electron chi connectivity index (χ4n) is 6.24. The number of rotatable bonds is 12. The largest absolute Gasteiger partial charge is 0.394 e. The van der Waals surface area contributed by atoms with Gasteiger partial charge in [0.1, 0.15) is 11.6 Å². The first-order valence-corrected chi connectivity index (χ1v) is 12.7. The van der Waals surface area contributed by atoms with Crippen LogP contribution in [0.1, 0.15) is 53.4 Å². The van der Waals surface area contributed by atoms with Crippen molar-refractivity contribution in [3.63, 3.8) is 0 Å². The Hall–Kier alpha value is -2.19. The molecule has 2 bridgehead atoms. The molecule has 190 valence electrons. The van der Waals surface area contributed by atoms with Gasteiger partial charge in [-0.05, 0) is 39.5 Å². The maximum absolute atomic E-state index is 14.0. The molecule has 0 aromatic carbocycles. The Morgan fingerprint density at radius 2 is 1.91 bits per heavy atom. The number of ether oxygens (including phenoxy) is 1. The Morgan fingerprint density at radius 1 is 1.24 bits per heavy atom. The molecule has 34 heavy (non-hydrogen) atoms. The van der Waals surface area contributed by atoms with Gasteiger partial charge >= 0.3 is 0 Å². The topological polar surface area (TPSA) is 90.4 Å². The molecule has 3 heterocycles. The Kier molecular flexibility index (Phi) is 8.24. The summed E-state index contributed by atoms with van der Waals surface area (Å²) in [6.45, 7) is 16.4. The number of hydrogen-bond acceptors (Lipinski definition) is 5. The van der Waals surface area contributed by atoms with E-state index in [2.05, 4.69) is 13.2 Å². The highest BCUT2D eigenvalue weighted by Gasteiger charge is 2.75. The number of likely N-dealkylation sites (tertiary alicyclic amines) is 1. The zero-order chi connectivity index (χ0) is 25.2.